The molecule has 1 aromatic heterocycles. The first kappa shape index (κ1) is 22.6. The van der Waals surface area contributed by atoms with Crippen molar-refractivity contribution < 1.29 is 9.59 Å². The normalized spacial score (nSPS) is 14.9. The van der Waals surface area contributed by atoms with Gasteiger partial charge in [-0.2, -0.15) is 0 Å². The van der Waals surface area contributed by atoms with E-state index in [1.165, 1.54) is 25.0 Å². The molecule has 0 bridgehead atoms. The van der Waals surface area contributed by atoms with Crippen LogP contribution >= 0.6 is 0 Å². The van der Waals surface area contributed by atoms with Gasteiger partial charge in [0, 0.05) is 24.1 Å². The average molecular weight is 443 g/mol. The number of carbonyl (C=O) groups excluding carboxylic acids is 2. The second kappa shape index (κ2) is 10.9. The molecule has 1 atom stereocenters. The van der Waals surface area contributed by atoms with Crippen LogP contribution in [0, 0.1) is 0 Å². The monoisotopic (exact) mass is 442 g/mol. The first-order chi connectivity index (χ1) is 16.2. The van der Waals surface area contributed by atoms with Crippen LogP contribution < -0.4 is 10.2 Å². The number of rotatable bonds is 7. The van der Waals surface area contributed by atoms with Crippen LogP contribution in [0.5, 0.6) is 0 Å². The topological polar surface area (TPSA) is 75.2 Å². The van der Waals surface area contributed by atoms with Gasteiger partial charge in [0.25, 0.3) is 5.91 Å². The molecular weight excluding hydrogens is 412 g/mol. The molecule has 170 valence electrons. The number of aryl methyl sites for hydroxylation is 1. The van der Waals surface area contributed by atoms with Crippen molar-refractivity contribution in [2.24, 2.45) is 0 Å². The second-order valence-electron chi connectivity index (χ2n) is 8.44. The molecule has 33 heavy (non-hydrogen) atoms. The van der Waals surface area contributed by atoms with Crippen LogP contribution in [-0.4, -0.2) is 27.8 Å². The van der Waals surface area contributed by atoms with Gasteiger partial charge in [-0.25, -0.2) is 4.98 Å². The number of nitrogens with zero attached hydrogens (tertiary/aromatic N) is 3. The van der Waals surface area contributed by atoms with Crippen LogP contribution in [0.3, 0.4) is 0 Å². The SMILES string of the molecule is CCc1ccc(N(C(=O)c2cnccn2)[C@@H](C(=O)NC2CCCCC2)c2ccccc2)cc1. The van der Waals surface area contributed by atoms with Gasteiger partial charge in [-0.05, 0) is 42.5 Å². The zero-order valence-electron chi connectivity index (χ0n) is 19.0. The molecule has 2 aromatic carbocycles. The van der Waals surface area contributed by atoms with Gasteiger partial charge in [0.1, 0.15) is 11.7 Å². The van der Waals surface area contributed by atoms with E-state index in [0.717, 1.165) is 43.2 Å². The van der Waals surface area contributed by atoms with E-state index in [1.807, 2.05) is 54.6 Å². The molecule has 1 fully saturated rings. The Kier molecular flexibility index (Phi) is 7.45. The lowest BCUT2D eigenvalue weighted by molar-refractivity contribution is -0.123. The van der Waals surface area contributed by atoms with E-state index < -0.39 is 6.04 Å². The third-order valence-corrected chi connectivity index (χ3v) is 6.20. The number of benzene rings is 2. The molecule has 0 unspecified atom stereocenters. The molecule has 1 N–H and O–H groups in total. The first-order valence-electron chi connectivity index (χ1n) is 11.7. The summed E-state index contributed by atoms with van der Waals surface area (Å²) in [6, 6.07) is 16.6. The molecule has 0 spiro atoms. The van der Waals surface area contributed by atoms with Crippen molar-refractivity contribution in [1.82, 2.24) is 15.3 Å². The van der Waals surface area contributed by atoms with Gasteiger partial charge in [0.05, 0.1) is 6.20 Å². The summed E-state index contributed by atoms with van der Waals surface area (Å²) in [4.78, 5) is 37.3. The standard InChI is InChI=1S/C27H30N4O2/c1-2-20-13-15-23(16-14-20)31(27(33)24-19-28-17-18-29-24)25(21-9-5-3-6-10-21)26(32)30-22-11-7-4-8-12-22/h3,5-6,9-10,13-19,22,25H,2,4,7-8,11-12H2,1H3,(H,30,32)/t25-/m1/s1. The molecule has 0 radical (unpaired) electrons. The third kappa shape index (κ3) is 5.45. The van der Waals surface area contributed by atoms with E-state index >= 15 is 0 Å². The Morgan fingerprint density at radius 2 is 1.73 bits per heavy atom. The van der Waals surface area contributed by atoms with E-state index in [9.17, 15) is 9.59 Å². The summed E-state index contributed by atoms with van der Waals surface area (Å²) < 4.78 is 0. The lowest BCUT2D eigenvalue weighted by atomic mass is 9.94. The lowest BCUT2D eigenvalue weighted by Crippen LogP contribution is -2.47. The summed E-state index contributed by atoms with van der Waals surface area (Å²) in [5.41, 5.74) is 2.76. The van der Waals surface area contributed by atoms with E-state index in [-0.39, 0.29) is 23.6 Å². The quantitative estimate of drug-likeness (QED) is 0.566. The number of nitrogens with one attached hydrogen (secondary N) is 1. The Morgan fingerprint density at radius 3 is 2.36 bits per heavy atom. The van der Waals surface area contributed by atoms with Crippen molar-refractivity contribution in [2.75, 3.05) is 4.90 Å². The minimum absolute atomic E-state index is 0.133. The first-order valence-corrected chi connectivity index (χ1v) is 11.7. The molecular formula is C27H30N4O2. The van der Waals surface area contributed by atoms with Crippen LogP contribution in [0.25, 0.3) is 0 Å². The maximum Gasteiger partial charge on any atom is 0.279 e. The highest BCUT2D eigenvalue weighted by atomic mass is 16.2. The van der Waals surface area contributed by atoms with Crippen molar-refractivity contribution in [3.63, 3.8) is 0 Å². The highest BCUT2D eigenvalue weighted by molar-refractivity contribution is 6.09. The summed E-state index contributed by atoms with van der Waals surface area (Å²) >= 11 is 0. The van der Waals surface area contributed by atoms with Crippen molar-refractivity contribution in [3.05, 3.63) is 90.0 Å². The van der Waals surface area contributed by atoms with Crippen LogP contribution in [0.4, 0.5) is 5.69 Å². The number of hydrogen-bond donors (Lipinski definition) is 1. The fourth-order valence-electron chi connectivity index (χ4n) is 4.39. The largest absolute Gasteiger partial charge is 0.351 e. The highest BCUT2D eigenvalue weighted by Crippen LogP contribution is 2.30. The Morgan fingerprint density at radius 1 is 1.00 bits per heavy atom. The van der Waals surface area contributed by atoms with Gasteiger partial charge < -0.3 is 5.32 Å². The maximum absolute atomic E-state index is 13.8. The third-order valence-electron chi connectivity index (χ3n) is 6.20. The maximum atomic E-state index is 13.8. The van der Waals surface area contributed by atoms with Crippen LogP contribution in [0.15, 0.2) is 73.2 Å². The highest BCUT2D eigenvalue weighted by Gasteiger charge is 2.35. The molecule has 2 amide bonds. The molecule has 1 aliphatic rings. The number of anilines is 1. The zero-order chi connectivity index (χ0) is 23.0. The minimum atomic E-state index is -0.824. The summed E-state index contributed by atoms with van der Waals surface area (Å²) in [6.07, 6.45) is 10.7. The number of amides is 2. The fourth-order valence-corrected chi connectivity index (χ4v) is 4.39. The van der Waals surface area contributed by atoms with Crippen LogP contribution in [0.2, 0.25) is 0 Å². The van der Waals surface area contributed by atoms with Gasteiger partial charge >= 0.3 is 0 Å². The molecule has 3 aromatic rings. The molecule has 1 saturated carbocycles. The van der Waals surface area contributed by atoms with Crippen molar-refractivity contribution in [2.45, 2.75) is 57.5 Å². The van der Waals surface area contributed by atoms with E-state index in [2.05, 4.69) is 22.2 Å². The van der Waals surface area contributed by atoms with Crippen LogP contribution in [-0.2, 0) is 11.2 Å². The zero-order valence-corrected chi connectivity index (χ0v) is 19.0. The minimum Gasteiger partial charge on any atom is -0.351 e. The Hall–Kier alpha value is -3.54. The summed E-state index contributed by atoms with van der Waals surface area (Å²) in [5.74, 6) is -0.537. The fraction of sp³-hybridized carbons (Fsp3) is 0.333. The molecule has 1 aliphatic carbocycles. The second-order valence-corrected chi connectivity index (χ2v) is 8.44. The smallest absolute Gasteiger partial charge is 0.279 e. The predicted octanol–water partition coefficient (Wildman–Crippen LogP) is 4.88. The van der Waals surface area contributed by atoms with Crippen molar-refractivity contribution in [1.29, 1.82) is 0 Å². The Labute approximate surface area is 195 Å². The van der Waals surface area contributed by atoms with Gasteiger partial charge in [-0.1, -0.05) is 68.7 Å². The van der Waals surface area contributed by atoms with E-state index in [0.29, 0.717) is 5.69 Å². The molecule has 6 nitrogen and oxygen atoms in total. The van der Waals surface area contributed by atoms with Gasteiger partial charge in [0.15, 0.2) is 0 Å². The number of carbonyl (C=O) groups is 2. The van der Waals surface area contributed by atoms with E-state index in [1.54, 1.807) is 4.90 Å². The molecule has 4 rings (SSSR count). The molecule has 1 heterocycles. The summed E-state index contributed by atoms with van der Waals surface area (Å²) in [6.45, 7) is 2.09. The predicted molar refractivity (Wildman–Crippen MR) is 129 cm³/mol. The molecule has 6 heteroatoms. The number of aromatic nitrogens is 2. The Balaban J connectivity index is 1.77. The lowest BCUT2D eigenvalue weighted by Gasteiger charge is -2.33. The van der Waals surface area contributed by atoms with Gasteiger partial charge in [-0.15, -0.1) is 0 Å². The van der Waals surface area contributed by atoms with Crippen LogP contribution in [0.1, 0.15) is 66.7 Å². The molecule has 0 aliphatic heterocycles. The number of hydrogen-bond acceptors (Lipinski definition) is 4. The van der Waals surface area contributed by atoms with Gasteiger partial charge in [0.2, 0.25) is 5.91 Å². The van der Waals surface area contributed by atoms with E-state index in [4.69, 9.17) is 0 Å². The van der Waals surface area contributed by atoms with Crippen molar-refractivity contribution >= 4 is 17.5 Å². The summed E-state index contributed by atoms with van der Waals surface area (Å²) in [7, 11) is 0. The average Bonchev–Trinajstić information content (AvgIpc) is 2.88. The molecule has 0 saturated heterocycles. The Bertz CT molecular complexity index is 1050. The van der Waals surface area contributed by atoms with Crippen molar-refractivity contribution in [3.8, 4) is 0 Å². The summed E-state index contributed by atoms with van der Waals surface area (Å²) in [5, 5.41) is 3.23. The van der Waals surface area contributed by atoms with Gasteiger partial charge in [-0.3, -0.25) is 19.5 Å².